The van der Waals surface area contributed by atoms with Crippen molar-refractivity contribution in [2.24, 2.45) is 0 Å². The van der Waals surface area contributed by atoms with Crippen molar-refractivity contribution in [3.63, 3.8) is 0 Å². The largest absolute Gasteiger partial charge is 0.370 e. The van der Waals surface area contributed by atoms with Crippen molar-refractivity contribution in [3.05, 3.63) is 11.9 Å². The van der Waals surface area contributed by atoms with Crippen LogP contribution in [0.25, 0.3) is 0 Å². The second kappa shape index (κ2) is 4.47. The molecule has 0 aromatic carbocycles. The molecule has 1 aliphatic heterocycles. The van der Waals surface area contributed by atoms with Crippen molar-refractivity contribution in [1.29, 1.82) is 0 Å². The van der Waals surface area contributed by atoms with Gasteiger partial charge in [0, 0.05) is 25.7 Å². The van der Waals surface area contributed by atoms with Crippen molar-refractivity contribution in [3.8, 4) is 0 Å². The van der Waals surface area contributed by atoms with E-state index in [0.717, 1.165) is 37.1 Å². The lowest BCUT2D eigenvalue weighted by Crippen LogP contribution is -2.20. The molecule has 0 amide bonds. The van der Waals surface area contributed by atoms with E-state index in [-0.39, 0.29) is 0 Å². The third kappa shape index (κ3) is 2.37. The molecule has 2 heterocycles. The molecule has 0 spiro atoms. The minimum Gasteiger partial charge on any atom is -0.370 e. The van der Waals surface area contributed by atoms with Crippen LogP contribution in [0.3, 0.4) is 0 Å². The molecule has 15 heavy (non-hydrogen) atoms. The van der Waals surface area contributed by atoms with Crippen molar-refractivity contribution >= 4 is 11.6 Å². The van der Waals surface area contributed by atoms with Gasteiger partial charge in [-0.25, -0.2) is 9.97 Å². The Balaban J connectivity index is 2.22. The van der Waals surface area contributed by atoms with Crippen LogP contribution in [0.1, 0.15) is 25.6 Å². The van der Waals surface area contributed by atoms with Gasteiger partial charge in [0.2, 0.25) is 0 Å². The quantitative estimate of drug-likeness (QED) is 0.819. The van der Waals surface area contributed by atoms with Crippen LogP contribution in [0.2, 0.25) is 0 Å². The molecule has 1 saturated heterocycles. The van der Waals surface area contributed by atoms with Crippen molar-refractivity contribution < 1.29 is 0 Å². The van der Waals surface area contributed by atoms with Gasteiger partial charge in [-0.15, -0.1) is 0 Å². The maximum atomic E-state index is 4.47. The number of nitrogens with one attached hydrogen (secondary N) is 1. The van der Waals surface area contributed by atoms with Crippen LogP contribution in [0.4, 0.5) is 11.6 Å². The third-order valence-electron chi connectivity index (χ3n) is 2.61. The van der Waals surface area contributed by atoms with Gasteiger partial charge in [0.15, 0.2) is 0 Å². The number of rotatable bonds is 3. The van der Waals surface area contributed by atoms with Crippen LogP contribution in [0.15, 0.2) is 6.07 Å². The molecule has 82 valence electrons. The molecule has 1 N–H and O–H groups in total. The number of hydrogen-bond acceptors (Lipinski definition) is 4. The first-order valence-electron chi connectivity index (χ1n) is 5.64. The SMILES string of the molecule is CCNc1cc(N2CCCC2)nc(C)n1. The smallest absolute Gasteiger partial charge is 0.134 e. The highest BCUT2D eigenvalue weighted by Gasteiger charge is 2.14. The Morgan fingerprint density at radius 2 is 2.07 bits per heavy atom. The zero-order valence-electron chi connectivity index (χ0n) is 9.45. The van der Waals surface area contributed by atoms with Gasteiger partial charge in [0.1, 0.15) is 17.5 Å². The molecule has 1 aromatic rings. The lowest BCUT2D eigenvalue weighted by Gasteiger charge is -2.17. The summed E-state index contributed by atoms with van der Waals surface area (Å²) in [6.07, 6.45) is 2.55. The Kier molecular flexibility index (Phi) is 3.04. The van der Waals surface area contributed by atoms with E-state index >= 15 is 0 Å². The topological polar surface area (TPSA) is 41.0 Å². The van der Waals surface area contributed by atoms with E-state index in [1.807, 2.05) is 13.0 Å². The minimum absolute atomic E-state index is 0.843. The average Bonchev–Trinajstić information content (AvgIpc) is 2.70. The summed E-state index contributed by atoms with van der Waals surface area (Å²) in [6.45, 7) is 7.17. The maximum Gasteiger partial charge on any atom is 0.134 e. The Bertz CT molecular complexity index is 331. The van der Waals surface area contributed by atoms with E-state index in [1.54, 1.807) is 0 Å². The molecule has 1 aliphatic rings. The summed E-state index contributed by atoms with van der Waals surface area (Å²) in [7, 11) is 0. The fraction of sp³-hybridized carbons (Fsp3) is 0.636. The van der Waals surface area contributed by atoms with Gasteiger partial charge in [-0.3, -0.25) is 0 Å². The summed E-state index contributed by atoms with van der Waals surface area (Å²) in [6, 6.07) is 2.04. The molecule has 1 fully saturated rings. The predicted molar refractivity (Wildman–Crippen MR) is 62.4 cm³/mol. The lowest BCUT2D eigenvalue weighted by atomic mass is 10.4. The molecule has 1 aromatic heterocycles. The van der Waals surface area contributed by atoms with Gasteiger partial charge < -0.3 is 10.2 Å². The number of anilines is 2. The molecule has 0 unspecified atom stereocenters. The average molecular weight is 206 g/mol. The molecular weight excluding hydrogens is 188 g/mol. The lowest BCUT2D eigenvalue weighted by molar-refractivity contribution is 0.909. The summed E-state index contributed by atoms with van der Waals surface area (Å²) < 4.78 is 0. The molecule has 4 nitrogen and oxygen atoms in total. The van der Waals surface area contributed by atoms with E-state index in [4.69, 9.17) is 0 Å². The van der Waals surface area contributed by atoms with Crippen molar-refractivity contribution in [2.75, 3.05) is 29.9 Å². The van der Waals surface area contributed by atoms with Crippen LogP contribution in [0.5, 0.6) is 0 Å². The monoisotopic (exact) mass is 206 g/mol. The van der Waals surface area contributed by atoms with Gasteiger partial charge in [0.25, 0.3) is 0 Å². The molecule has 0 atom stereocenters. The summed E-state index contributed by atoms with van der Waals surface area (Å²) in [5.41, 5.74) is 0. The summed E-state index contributed by atoms with van der Waals surface area (Å²) in [5.74, 6) is 2.85. The molecule has 0 radical (unpaired) electrons. The molecule has 2 rings (SSSR count). The van der Waals surface area contributed by atoms with Crippen LogP contribution < -0.4 is 10.2 Å². The van der Waals surface area contributed by atoms with Gasteiger partial charge in [-0.2, -0.15) is 0 Å². The van der Waals surface area contributed by atoms with Crippen molar-refractivity contribution in [2.45, 2.75) is 26.7 Å². The first-order valence-corrected chi connectivity index (χ1v) is 5.64. The molecule has 0 aliphatic carbocycles. The second-order valence-electron chi connectivity index (χ2n) is 3.88. The van der Waals surface area contributed by atoms with Gasteiger partial charge in [0.05, 0.1) is 0 Å². The predicted octanol–water partition coefficient (Wildman–Crippen LogP) is 1.82. The van der Waals surface area contributed by atoms with Gasteiger partial charge in [-0.05, 0) is 26.7 Å². The van der Waals surface area contributed by atoms with Gasteiger partial charge >= 0.3 is 0 Å². The normalized spacial score (nSPS) is 15.7. The van der Waals surface area contributed by atoms with Crippen LogP contribution in [0, 0.1) is 6.92 Å². The minimum atomic E-state index is 0.843. The first-order chi connectivity index (χ1) is 7.29. The molecule has 0 bridgehead atoms. The highest BCUT2D eigenvalue weighted by molar-refractivity contribution is 5.49. The Labute approximate surface area is 90.7 Å². The third-order valence-corrected chi connectivity index (χ3v) is 2.61. The fourth-order valence-corrected chi connectivity index (χ4v) is 1.93. The number of aryl methyl sites for hydroxylation is 1. The van der Waals surface area contributed by atoms with E-state index in [2.05, 4.69) is 27.1 Å². The van der Waals surface area contributed by atoms with Crippen LogP contribution >= 0.6 is 0 Å². The van der Waals surface area contributed by atoms with E-state index in [9.17, 15) is 0 Å². The molecule has 4 heteroatoms. The number of nitrogens with zero attached hydrogens (tertiary/aromatic N) is 3. The number of hydrogen-bond donors (Lipinski definition) is 1. The van der Waals surface area contributed by atoms with E-state index in [0.29, 0.717) is 0 Å². The van der Waals surface area contributed by atoms with Crippen molar-refractivity contribution in [1.82, 2.24) is 9.97 Å². The molecular formula is C11H18N4. The Morgan fingerprint density at radius 1 is 1.33 bits per heavy atom. The number of aromatic nitrogens is 2. The summed E-state index contributed by atoms with van der Waals surface area (Å²) in [4.78, 5) is 11.1. The Hall–Kier alpha value is -1.32. The zero-order chi connectivity index (χ0) is 10.7. The standard InChI is InChI=1S/C11H18N4/c1-3-12-10-8-11(14-9(2)13-10)15-6-4-5-7-15/h8H,3-7H2,1-2H3,(H,12,13,14). The second-order valence-corrected chi connectivity index (χ2v) is 3.88. The summed E-state index contributed by atoms with van der Waals surface area (Å²) in [5, 5.41) is 3.23. The summed E-state index contributed by atoms with van der Waals surface area (Å²) >= 11 is 0. The maximum absolute atomic E-state index is 4.47. The van der Waals surface area contributed by atoms with Crippen LogP contribution in [-0.2, 0) is 0 Å². The van der Waals surface area contributed by atoms with Gasteiger partial charge in [-0.1, -0.05) is 0 Å². The van der Waals surface area contributed by atoms with E-state index < -0.39 is 0 Å². The highest BCUT2D eigenvalue weighted by atomic mass is 15.2. The first kappa shape index (κ1) is 10.2. The zero-order valence-corrected chi connectivity index (χ0v) is 9.45. The fourth-order valence-electron chi connectivity index (χ4n) is 1.93. The van der Waals surface area contributed by atoms with E-state index in [1.165, 1.54) is 12.8 Å². The van der Waals surface area contributed by atoms with Crippen LogP contribution in [-0.4, -0.2) is 29.6 Å². The molecule has 0 saturated carbocycles. The Morgan fingerprint density at radius 3 is 2.73 bits per heavy atom. The highest BCUT2D eigenvalue weighted by Crippen LogP contribution is 2.20.